The largest absolute Gasteiger partial charge is 0.471 e. The number of rotatable bonds is 3. The van der Waals surface area contributed by atoms with Gasteiger partial charge in [-0.3, -0.25) is 19.5 Å². The summed E-state index contributed by atoms with van der Waals surface area (Å²) in [4.78, 5) is 31.1. The van der Waals surface area contributed by atoms with Gasteiger partial charge in [0.2, 0.25) is 5.91 Å². The molecule has 0 N–H and O–H groups in total. The Bertz CT molecular complexity index is 890. The lowest BCUT2D eigenvalue weighted by molar-refractivity contribution is -0.170. The summed E-state index contributed by atoms with van der Waals surface area (Å²) in [5.41, 5.74) is 0.118. The first kappa shape index (κ1) is 20.1. The summed E-state index contributed by atoms with van der Waals surface area (Å²) in [6, 6.07) is 7.97. The van der Waals surface area contributed by atoms with Crippen LogP contribution in [-0.2, 0) is 9.59 Å². The number of para-hydroxylation sites is 1. The van der Waals surface area contributed by atoms with Crippen LogP contribution in [0.5, 0.6) is 0 Å². The van der Waals surface area contributed by atoms with Gasteiger partial charge in [0.05, 0.1) is 11.2 Å². The highest BCUT2D eigenvalue weighted by Gasteiger charge is 2.44. The molecule has 1 aromatic carbocycles. The number of benzene rings is 1. The number of carbonyl (C=O) groups is 2. The number of hydrogen-bond acceptors (Lipinski definition) is 3. The molecular weight excluding hydrogens is 371 g/mol. The van der Waals surface area contributed by atoms with Gasteiger partial charge in [-0.1, -0.05) is 32.0 Å². The second kappa shape index (κ2) is 7.41. The molecule has 2 amide bonds. The molecule has 0 radical (unpaired) electrons. The molecular formula is C20H22F3N3O2. The first-order valence-corrected chi connectivity index (χ1v) is 9.09. The monoisotopic (exact) mass is 393 g/mol. The topological polar surface area (TPSA) is 53.5 Å². The number of alkyl halides is 3. The number of halogens is 3. The van der Waals surface area contributed by atoms with E-state index in [0.29, 0.717) is 23.4 Å². The summed E-state index contributed by atoms with van der Waals surface area (Å²) in [5, 5.41) is 0.589. The van der Waals surface area contributed by atoms with E-state index >= 15 is 0 Å². The van der Waals surface area contributed by atoms with Crippen LogP contribution >= 0.6 is 0 Å². The van der Waals surface area contributed by atoms with Gasteiger partial charge < -0.3 is 4.90 Å². The van der Waals surface area contributed by atoms with Gasteiger partial charge in [-0.05, 0) is 30.4 Å². The van der Waals surface area contributed by atoms with E-state index in [9.17, 15) is 22.8 Å². The van der Waals surface area contributed by atoms with E-state index in [1.807, 2.05) is 13.8 Å². The van der Waals surface area contributed by atoms with Crippen molar-refractivity contribution in [3.8, 4) is 0 Å². The molecule has 2 heterocycles. The standard InChI is InChI=1S/C20H22F3N3O2/c1-19(2)9-5-11-25(13-19)16(27)12-26(18(28)20(21,22)23)15-8-3-6-14-7-4-10-24-17(14)15/h3-4,6-8,10H,5,9,11-13H2,1-2H3. The predicted molar refractivity (Wildman–Crippen MR) is 99.7 cm³/mol. The van der Waals surface area contributed by atoms with E-state index in [-0.39, 0.29) is 16.6 Å². The Hall–Kier alpha value is -2.64. The normalized spacial score (nSPS) is 16.8. The van der Waals surface area contributed by atoms with Crippen molar-refractivity contribution < 1.29 is 22.8 Å². The molecule has 5 nitrogen and oxygen atoms in total. The second-order valence-corrected chi connectivity index (χ2v) is 7.82. The fourth-order valence-corrected chi connectivity index (χ4v) is 3.60. The van der Waals surface area contributed by atoms with Gasteiger partial charge in [0, 0.05) is 24.7 Å². The zero-order valence-electron chi connectivity index (χ0n) is 15.8. The van der Waals surface area contributed by atoms with Gasteiger partial charge in [0.25, 0.3) is 0 Å². The Morgan fingerprint density at radius 1 is 1.21 bits per heavy atom. The first-order chi connectivity index (χ1) is 13.1. The van der Waals surface area contributed by atoms with Gasteiger partial charge in [-0.25, -0.2) is 0 Å². The lowest BCUT2D eigenvalue weighted by Crippen LogP contribution is -2.51. The van der Waals surface area contributed by atoms with Crippen LogP contribution in [0.2, 0.25) is 0 Å². The van der Waals surface area contributed by atoms with Gasteiger partial charge in [0.1, 0.15) is 6.54 Å². The Morgan fingerprint density at radius 3 is 2.61 bits per heavy atom. The molecule has 3 rings (SSSR count). The number of hydrogen-bond donors (Lipinski definition) is 0. The molecule has 8 heteroatoms. The molecule has 1 saturated heterocycles. The van der Waals surface area contributed by atoms with Crippen LogP contribution in [0, 0.1) is 5.41 Å². The van der Waals surface area contributed by atoms with Crippen molar-refractivity contribution in [2.24, 2.45) is 5.41 Å². The van der Waals surface area contributed by atoms with E-state index < -0.39 is 24.5 Å². The third-order valence-corrected chi connectivity index (χ3v) is 4.94. The molecule has 0 bridgehead atoms. The van der Waals surface area contributed by atoms with Crippen molar-refractivity contribution in [3.05, 3.63) is 36.5 Å². The van der Waals surface area contributed by atoms with Crippen LogP contribution in [0.4, 0.5) is 18.9 Å². The second-order valence-electron chi connectivity index (χ2n) is 7.82. The van der Waals surface area contributed by atoms with Gasteiger partial charge in [-0.15, -0.1) is 0 Å². The molecule has 1 fully saturated rings. The van der Waals surface area contributed by atoms with Crippen molar-refractivity contribution in [2.45, 2.75) is 32.9 Å². The van der Waals surface area contributed by atoms with Crippen LogP contribution in [0.25, 0.3) is 10.9 Å². The molecule has 0 aliphatic carbocycles. The third kappa shape index (κ3) is 4.26. The van der Waals surface area contributed by atoms with Crippen molar-refractivity contribution in [2.75, 3.05) is 24.5 Å². The Kier molecular flexibility index (Phi) is 5.32. The maximum absolute atomic E-state index is 13.3. The fourth-order valence-electron chi connectivity index (χ4n) is 3.60. The van der Waals surface area contributed by atoms with Gasteiger partial charge in [-0.2, -0.15) is 13.2 Å². The number of aromatic nitrogens is 1. The minimum Gasteiger partial charge on any atom is -0.341 e. The smallest absolute Gasteiger partial charge is 0.341 e. The molecule has 0 spiro atoms. The summed E-state index contributed by atoms with van der Waals surface area (Å²) < 4.78 is 39.8. The van der Waals surface area contributed by atoms with Crippen LogP contribution in [-0.4, -0.2) is 47.5 Å². The average Bonchev–Trinajstić information content (AvgIpc) is 2.63. The van der Waals surface area contributed by atoms with Crippen LogP contribution in [0.1, 0.15) is 26.7 Å². The lowest BCUT2D eigenvalue weighted by atomic mass is 9.84. The zero-order chi connectivity index (χ0) is 20.5. The number of pyridine rings is 1. The van der Waals surface area contributed by atoms with E-state index in [2.05, 4.69) is 4.98 Å². The van der Waals surface area contributed by atoms with E-state index in [4.69, 9.17) is 0 Å². The molecule has 0 saturated carbocycles. The van der Waals surface area contributed by atoms with Gasteiger partial charge >= 0.3 is 12.1 Å². The maximum atomic E-state index is 13.3. The average molecular weight is 393 g/mol. The summed E-state index contributed by atoms with van der Waals surface area (Å²) in [6.45, 7) is 4.28. The van der Waals surface area contributed by atoms with Crippen molar-refractivity contribution >= 4 is 28.4 Å². The molecule has 1 aliphatic heterocycles. The van der Waals surface area contributed by atoms with Gasteiger partial charge in [0.15, 0.2) is 0 Å². The number of anilines is 1. The molecule has 0 atom stereocenters. The van der Waals surface area contributed by atoms with Crippen molar-refractivity contribution in [3.63, 3.8) is 0 Å². The summed E-state index contributed by atoms with van der Waals surface area (Å²) in [6.07, 6.45) is -1.94. The molecule has 150 valence electrons. The third-order valence-electron chi connectivity index (χ3n) is 4.94. The van der Waals surface area contributed by atoms with Crippen molar-refractivity contribution in [1.29, 1.82) is 0 Å². The number of nitrogens with zero attached hydrogens (tertiary/aromatic N) is 3. The van der Waals surface area contributed by atoms with E-state index in [1.165, 1.54) is 12.3 Å². The number of fused-ring (bicyclic) bond motifs is 1. The minimum atomic E-state index is -5.10. The van der Waals surface area contributed by atoms with E-state index in [1.54, 1.807) is 29.2 Å². The number of amides is 2. The van der Waals surface area contributed by atoms with Crippen molar-refractivity contribution in [1.82, 2.24) is 9.88 Å². The highest BCUT2D eigenvalue weighted by Crippen LogP contribution is 2.31. The first-order valence-electron chi connectivity index (χ1n) is 9.09. The minimum absolute atomic E-state index is 0.0231. The number of likely N-dealkylation sites (tertiary alicyclic amines) is 1. The lowest BCUT2D eigenvalue weighted by Gasteiger charge is -2.39. The Morgan fingerprint density at radius 2 is 1.93 bits per heavy atom. The highest BCUT2D eigenvalue weighted by atomic mass is 19.4. The molecule has 0 unspecified atom stereocenters. The number of carbonyl (C=O) groups excluding carboxylic acids is 2. The SMILES string of the molecule is CC1(C)CCCN(C(=O)CN(C(=O)C(F)(F)F)c2cccc3cccnc23)C1. The summed E-state index contributed by atoms with van der Waals surface area (Å²) in [7, 11) is 0. The summed E-state index contributed by atoms with van der Waals surface area (Å²) >= 11 is 0. The summed E-state index contributed by atoms with van der Waals surface area (Å²) in [5.74, 6) is -2.58. The Balaban J connectivity index is 1.96. The van der Waals surface area contributed by atoms with Crippen LogP contribution in [0.3, 0.4) is 0 Å². The zero-order valence-corrected chi connectivity index (χ0v) is 15.8. The predicted octanol–water partition coefficient (Wildman–Crippen LogP) is 3.78. The van der Waals surface area contributed by atoms with Crippen LogP contribution < -0.4 is 4.90 Å². The highest BCUT2D eigenvalue weighted by molar-refractivity contribution is 6.07. The van der Waals surface area contributed by atoms with E-state index in [0.717, 1.165) is 12.8 Å². The molecule has 1 aromatic heterocycles. The Labute approximate surface area is 161 Å². The molecule has 2 aromatic rings. The molecule has 28 heavy (non-hydrogen) atoms. The molecule has 1 aliphatic rings. The van der Waals surface area contributed by atoms with Crippen LogP contribution in [0.15, 0.2) is 36.5 Å². The maximum Gasteiger partial charge on any atom is 0.471 e. The quantitative estimate of drug-likeness (QED) is 0.798. The fraction of sp³-hybridized carbons (Fsp3) is 0.450. The number of piperidine rings is 1.